The minimum Gasteiger partial charge on any atom is -0.497 e. The fourth-order valence-electron chi connectivity index (χ4n) is 4.06. The summed E-state index contributed by atoms with van der Waals surface area (Å²) < 4.78 is 15.9. The van der Waals surface area contributed by atoms with Gasteiger partial charge in [-0.15, -0.1) is 0 Å². The average molecular weight is 478 g/mol. The summed E-state index contributed by atoms with van der Waals surface area (Å²) in [6.45, 7) is 2.73. The third-order valence-electron chi connectivity index (χ3n) is 6.05. The molecule has 1 amide bonds. The van der Waals surface area contributed by atoms with Crippen molar-refractivity contribution in [1.29, 1.82) is 0 Å². The zero-order valence-corrected chi connectivity index (χ0v) is 20.0. The molecule has 0 aliphatic carbocycles. The van der Waals surface area contributed by atoms with Crippen LogP contribution in [0.25, 0.3) is 0 Å². The van der Waals surface area contributed by atoms with Crippen molar-refractivity contribution in [2.45, 2.75) is 18.9 Å². The summed E-state index contributed by atoms with van der Waals surface area (Å²) >= 11 is 6.07. The number of hydrogen-bond acceptors (Lipinski definition) is 7. The molecule has 4 N–H and O–H groups in total. The highest BCUT2D eigenvalue weighted by Crippen LogP contribution is 2.31. The second-order valence-electron chi connectivity index (χ2n) is 8.15. The monoisotopic (exact) mass is 477 g/mol. The van der Waals surface area contributed by atoms with Crippen LogP contribution in [0.4, 0.5) is 5.69 Å². The van der Waals surface area contributed by atoms with Crippen LogP contribution in [0.5, 0.6) is 17.2 Å². The first-order chi connectivity index (χ1) is 15.9. The Labute approximate surface area is 199 Å². The molecule has 1 aliphatic rings. The smallest absolute Gasteiger partial charge is 0.255 e. The number of hydrogen-bond donors (Lipinski definition) is 3. The van der Waals surface area contributed by atoms with Crippen molar-refractivity contribution < 1.29 is 24.1 Å². The summed E-state index contributed by atoms with van der Waals surface area (Å²) in [6.07, 6.45) is 1.15. The van der Waals surface area contributed by atoms with Crippen LogP contribution in [0.2, 0.25) is 5.02 Å². The Balaban J connectivity index is 1.51. The lowest BCUT2D eigenvalue weighted by molar-refractivity contribution is 0.0839. The van der Waals surface area contributed by atoms with Crippen molar-refractivity contribution in [3.05, 3.63) is 46.5 Å². The van der Waals surface area contributed by atoms with Gasteiger partial charge in [-0.25, -0.2) is 0 Å². The molecule has 0 aromatic heterocycles. The number of halogens is 1. The molecule has 0 radical (unpaired) electrons. The van der Waals surface area contributed by atoms with Crippen LogP contribution in [0.3, 0.4) is 0 Å². The summed E-state index contributed by atoms with van der Waals surface area (Å²) in [5, 5.41) is 14.1. The average Bonchev–Trinajstić information content (AvgIpc) is 2.84. The first-order valence-corrected chi connectivity index (χ1v) is 11.3. The number of piperidine rings is 1. The number of nitrogen functional groups attached to an aromatic ring is 1. The van der Waals surface area contributed by atoms with E-state index in [1.165, 1.54) is 13.2 Å². The first kappa shape index (κ1) is 25.0. The van der Waals surface area contributed by atoms with Crippen molar-refractivity contribution in [2.75, 3.05) is 53.2 Å². The molecule has 33 heavy (non-hydrogen) atoms. The highest BCUT2D eigenvalue weighted by molar-refractivity contribution is 6.33. The molecule has 3 rings (SSSR count). The highest BCUT2D eigenvalue weighted by atomic mass is 35.5. The first-order valence-electron chi connectivity index (χ1n) is 10.9. The molecular formula is C24H32ClN3O5. The molecular weight excluding hydrogens is 446 g/mol. The van der Waals surface area contributed by atoms with E-state index in [1.807, 2.05) is 12.1 Å². The van der Waals surface area contributed by atoms with Crippen molar-refractivity contribution >= 4 is 23.2 Å². The van der Waals surface area contributed by atoms with Gasteiger partial charge in [-0.05, 0) is 56.1 Å². The number of carbonyl (C=O) groups excluding carboxylic acids is 1. The molecule has 0 bridgehead atoms. The maximum atomic E-state index is 12.7. The Kier molecular flexibility index (Phi) is 8.66. The quantitative estimate of drug-likeness (QED) is 0.476. The number of benzene rings is 2. The Bertz CT molecular complexity index is 963. The Hall–Kier alpha value is -2.68. The van der Waals surface area contributed by atoms with E-state index in [9.17, 15) is 9.90 Å². The lowest BCUT2D eigenvalue weighted by Crippen LogP contribution is -2.40. The van der Waals surface area contributed by atoms with E-state index < -0.39 is 6.10 Å². The topological polar surface area (TPSA) is 106 Å². The van der Waals surface area contributed by atoms with E-state index in [1.54, 1.807) is 26.4 Å². The maximum absolute atomic E-state index is 12.7. The zero-order valence-electron chi connectivity index (χ0n) is 19.3. The van der Waals surface area contributed by atoms with E-state index in [4.69, 9.17) is 31.5 Å². The van der Waals surface area contributed by atoms with Gasteiger partial charge < -0.3 is 35.3 Å². The molecule has 2 aromatic carbocycles. The van der Waals surface area contributed by atoms with Gasteiger partial charge in [0.15, 0.2) is 0 Å². The molecule has 1 aliphatic heterocycles. The van der Waals surface area contributed by atoms with Gasteiger partial charge in [0.05, 0.1) is 43.7 Å². The minimum atomic E-state index is -0.686. The highest BCUT2D eigenvalue weighted by Gasteiger charge is 2.24. The summed E-state index contributed by atoms with van der Waals surface area (Å²) in [5.74, 6) is 1.82. The molecule has 0 spiro atoms. The number of methoxy groups -OCH3 is 3. The Morgan fingerprint density at radius 3 is 2.48 bits per heavy atom. The lowest BCUT2D eigenvalue weighted by Gasteiger charge is -2.33. The predicted molar refractivity (Wildman–Crippen MR) is 128 cm³/mol. The minimum absolute atomic E-state index is 0.239. The molecule has 8 nitrogen and oxygen atoms in total. The number of ether oxygens (including phenoxy) is 3. The van der Waals surface area contributed by atoms with Crippen LogP contribution >= 0.6 is 11.6 Å². The van der Waals surface area contributed by atoms with Crippen molar-refractivity contribution in [1.82, 2.24) is 10.2 Å². The Morgan fingerprint density at radius 2 is 1.85 bits per heavy atom. The van der Waals surface area contributed by atoms with E-state index >= 15 is 0 Å². The second kappa shape index (κ2) is 11.4. The molecule has 1 fully saturated rings. The van der Waals surface area contributed by atoms with Gasteiger partial charge in [-0.2, -0.15) is 0 Å². The van der Waals surface area contributed by atoms with Gasteiger partial charge in [0.25, 0.3) is 5.91 Å². The van der Waals surface area contributed by atoms with Crippen LogP contribution in [-0.2, 0) is 0 Å². The van der Waals surface area contributed by atoms with Crippen molar-refractivity contribution in [2.24, 2.45) is 5.92 Å². The molecule has 0 saturated carbocycles. The number of rotatable bonds is 9. The molecule has 1 unspecified atom stereocenters. The lowest BCUT2D eigenvalue weighted by atomic mass is 9.96. The second-order valence-corrected chi connectivity index (χ2v) is 8.56. The predicted octanol–water partition coefficient (Wildman–Crippen LogP) is 3.12. The number of nitrogens with zero attached hydrogens (tertiary/aromatic N) is 1. The standard InChI is InChI=1S/C24H32ClN3O5/c1-31-16-4-5-22(32-2)17(10-16)21(29)14-28-8-6-15(7-9-28)13-27-24(30)18-11-19(25)20(26)12-23(18)33-3/h4-5,10-12,15,21,29H,6-9,13-14,26H2,1-3H3,(H,27,30). The van der Waals surface area contributed by atoms with Gasteiger partial charge in [-0.1, -0.05) is 11.6 Å². The molecule has 180 valence electrons. The van der Waals surface area contributed by atoms with Crippen LogP contribution in [0.15, 0.2) is 30.3 Å². The maximum Gasteiger partial charge on any atom is 0.255 e. The Morgan fingerprint density at radius 1 is 1.15 bits per heavy atom. The van der Waals surface area contributed by atoms with E-state index in [0.29, 0.717) is 58.1 Å². The SMILES string of the molecule is COc1ccc(OC)c(C(O)CN2CCC(CNC(=O)c3cc(Cl)c(N)cc3OC)CC2)c1. The van der Waals surface area contributed by atoms with E-state index in [0.717, 1.165) is 25.9 Å². The number of amides is 1. The number of nitrogens with one attached hydrogen (secondary N) is 1. The summed E-state index contributed by atoms with van der Waals surface area (Å²) in [5.41, 5.74) is 7.23. The van der Waals surface area contributed by atoms with Crippen LogP contribution in [0.1, 0.15) is 34.9 Å². The third kappa shape index (κ3) is 6.22. The van der Waals surface area contributed by atoms with E-state index in [2.05, 4.69) is 10.2 Å². The van der Waals surface area contributed by atoms with Gasteiger partial charge in [0.2, 0.25) is 0 Å². The normalized spacial score (nSPS) is 15.7. The summed E-state index contributed by atoms with van der Waals surface area (Å²) in [7, 11) is 4.68. The number of aliphatic hydroxyl groups excluding tert-OH is 1. The molecule has 1 heterocycles. The van der Waals surface area contributed by atoms with Crippen molar-refractivity contribution in [3.8, 4) is 17.2 Å². The van der Waals surface area contributed by atoms with Gasteiger partial charge in [0, 0.05) is 24.7 Å². The number of aliphatic hydroxyl groups is 1. The number of β-amino-alcohol motifs (C(OH)–C–C–N with tert-alkyl or cyclic N) is 1. The van der Waals surface area contributed by atoms with Gasteiger partial charge in [0.1, 0.15) is 17.2 Å². The molecule has 2 aromatic rings. The number of carbonyl (C=O) groups is 1. The third-order valence-corrected chi connectivity index (χ3v) is 6.38. The number of likely N-dealkylation sites (tertiary alicyclic amines) is 1. The summed E-state index contributed by atoms with van der Waals surface area (Å²) in [4.78, 5) is 14.9. The van der Waals surface area contributed by atoms with Gasteiger partial charge >= 0.3 is 0 Å². The fraction of sp³-hybridized carbons (Fsp3) is 0.458. The molecule has 1 atom stereocenters. The molecule has 1 saturated heterocycles. The van der Waals surface area contributed by atoms with Crippen LogP contribution in [0, 0.1) is 5.92 Å². The number of nitrogens with two attached hydrogens (primary N) is 1. The molecule has 9 heteroatoms. The van der Waals surface area contributed by atoms with Crippen LogP contribution in [-0.4, -0.2) is 63.4 Å². The van der Waals surface area contributed by atoms with Gasteiger partial charge in [-0.3, -0.25) is 4.79 Å². The van der Waals surface area contributed by atoms with Crippen LogP contribution < -0.4 is 25.3 Å². The summed E-state index contributed by atoms with van der Waals surface area (Å²) in [6, 6.07) is 8.50. The fourth-order valence-corrected chi connectivity index (χ4v) is 4.23. The zero-order chi connectivity index (χ0) is 24.0. The number of anilines is 1. The largest absolute Gasteiger partial charge is 0.497 e. The van der Waals surface area contributed by atoms with Crippen molar-refractivity contribution in [3.63, 3.8) is 0 Å². The van der Waals surface area contributed by atoms with E-state index in [-0.39, 0.29) is 5.91 Å².